The van der Waals surface area contributed by atoms with Crippen molar-refractivity contribution in [1.29, 1.82) is 5.26 Å². The first-order valence-corrected chi connectivity index (χ1v) is 9.77. The molecule has 0 saturated carbocycles. The second-order valence-electron chi connectivity index (χ2n) is 7.47. The Morgan fingerprint density at radius 3 is 2.68 bits per heavy atom. The standard InChI is InChI=1S/C23H19F3N4O/c1-15(31)29-10-9-21-20(14-29)22(16-7-4-8-19(11-16)23(24,25)26)28-30(21)13-18-6-3-2-5-17(18)12-27/h2-8,11H,9-10,13-14H2,1H3. The topological polar surface area (TPSA) is 61.9 Å². The van der Waals surface area contributed by atoms with Gasteiger partial charge in [-0.1, -0.05) is 30.3 Å². The summed E-state index contributed by atoms with van der Waals surface area (Å²) < 4.78 is 41.5. The van der Waals surface area contributed by atoms with E-state index in [2.05, 4.69) is 11.2 Å². The molecular formula is C23H19F3N4O. The molecule has 0 saturated heterocycles. The molecule has 4 rings (SSSR count). The number of aromatic nitrogens is 2. The van der Waals surface area contributed by atoms with E-state index in [1.54, 1.807) is 27.8 Å². The number of nitriles is 1. The molecule has 158 valence electrons. The van der Waals surface area contributed by atoms with Gasteiger partial charge in [0.1, 0.15) is 0 Å². The molecule has 3 aromatic rings. The lowest BCUT2D eigenvalue weighted by molar-refractivity contribution is -0.137. The lowest BCUT2D eigenvalue weighted by Gasteiger charge is -2.27. The van der Waals surface area contributed by atoms with E-state index in [0.29, 0.717) is 36.3 Å². The van der Waals surface area contributed by atoms with Gasteiger partial charge in [-0.3, -0.25) is 9.48 Å². The lowest BCUT2D eigenvalue weighted by Crippen LogP contribution is -2.34. The minimum atomic E-state index is -4.46. The molecule has 1 aliphatic rings. The fraction of sp³-hybridized carbons (Fsp3) is 0.261. The lowest BCUT2D eigenvalue weighted by atomic mass is 9.99. The molecule has 1 aromatic heterocycles. The first-order chi connectivity index (χ1) is 14.8. The van der Waals surface area contributed by atoms with E-state index in [0.717, 1.165) is 29.0 Å². The van der Waals surface area contributed by atoms with Crippen LogP contribution in [0.1, 0.15) is 34.9 Å². The SMILES string of the molecule is CC(=O)N1CCc2c(c(-c3cccc(C(F)(F)F)c3)nn2Cc2ccccc2C#N)C1. The van der Waals surface area contributed by atoms with Crippen LogP contribution in [0.25, 0.3) is 11.3 Å². The third-order valence-electron chi connectivity index (χ3n) is 5.50. The van der Waals surface area contributed by atoms with Crippen LogP contribution in [0.15, 0.2) is 48.5 Å². The van der Waals surface area contributed by atoms with E-state index >= 15 is 0 Å². The molecule has 0 unspecified atom stereocenters. The van der Waals surface area contributed by atoms with Crippen molar-refractivity contribution >= 4 is 5.91 Å². The summed E-state index contributed by atoms with van der Waals surface area (Å²) in [5.74, 6) is -0.0942. The largest absolute Gasteiger partial charge is 0.416 e. The molecule has 1 aliphatic heterocycles. The predicted molar refractivity (Wildman–Crippen MR) is 108 cm³/mol. The summed E-state index contributed by atoms with van der Waals surface area (Å²) in [7, 11) is 0. The fourth-order valence-electron chi connectivity index (χ4n) is 3.89. The highest BCUT2D eigenvalue weighted by atomic mass is 19.4. The average Bonchev–Trinajstić information content (AvgIpc) is 3.11. The van der Waals surface area contributed by atoms with Gasteiger partial charge in [0.25, 0.3) is 0 Å². The number of nitrogens with zero attached hydrogens (tertiary/aromatic N) is 4. The van der Waals surface area contributed by atoms with Crippen LogP contribution in [0.2, 0.25) is 0 Å². The molecule has 0 atom stereocenters. The van der Waals surface area contributed by atoms with Crippen molar-refractivity contribution in [3.63, 3.8) is 0 Å². The number of carbonyl (C=O) groups excluding carboxylic acids is 1. The fourth-order valence-corrected chi connectivity index (χ4v) is 3.89. The Hall–Kier alpha value is -3.60. The van der Waals surface area contributed by atoms with Gasteiger partial charge in [-0.25, -0.2) is 0 Å². The van der Waals surface area contributed by atoms with Gasteiger partial charge in [0.2, 0.25) is 5.91 Å². The highest BCUT2D eigenvalue weighted by molar-refractivity contribution is 5.74. The molecule has 31 heavy (non-hydrogen) atoms. The summed E-state index contributed by atoms with van der Waals surface area (Å²) in [5.41, 5.74) is 2.95. The summed E-state index contributed by atoms with van der Waals surface area (Å²) in [6.45, 7) is 2.60. The Balaban J connectivity index is 1.83. The molecule has 2 aromatic carbocycles. The van der Waals surface area contributed by atoms with Crippen LogP contribution in [-0.4, -0.2) is 27.1 Å². The number of amides is 1. The second kappa shape index (κ2) is 7.91. The van der Waals surface area contributed by atoms with E-state index in [1.165, 1.54) is 13.0 Å². The summed E-state index contributed by atoms with van der Waals surface area (Å²) in [4.78, 5) is 13.6. The van der Waals surface area contributed by atoms with Crippen LogP contribution in [0.4, 0.5) is 13.2 Å². The molecule has 2 heterocycles. The Bertz CT molecular complexity index is 1190. The van der Waals surface area contributed by atoms with E-state index in [1.807, 2.05) is 12.1 Å². The van der Waals surface area contributed by atoms with E-state index in [9.17, 15) is 23.2 Å². The van der Waals surface area contributed by atoms with E-state index < -0.39 is 11.7 Å². The highest BCUT2D eigenvalue weighted by Gasteiger charge is 2.32. The van der Waals surface area contributed by atoms with Gasteiger partial charge in [0.05, 0.1) is 29.4 Å². The van der Waals surface area contributed by atoms with Crippen LogP contribution in [-0.2, 0) is 30.5 Å². The molecule has 0 spiro atoms. The molecule has 0 radical (unpaired) electrons. The molecular weight excluding hydrogens is 405 g/mol. The van der Waals surface area contributed by atoms with E-state index in [-0.39, 0.29) is 12.5 Å². The number of hydrogen-bond donors (Lipinski definition) is 0. The maximum absolute atomic E-state index is 13.3. The second-order valence-corrected chi connectivity index (χ2v) is 7.47. The first kappa shape index (κ1) is 20.7. The summed E-state index contributed by atoms with van der Waals surface area (Å²) >= 11 is 0. The Labute approximate surface area is 177 Å². The number of halogens is 3. The van der Waals surface area contributed by atoms with Gasteiger partial charge in [0, 0.05) is 43.3 Å². The summed E-state index contributed by atoms with van der Waals surface area (Å²) in [6.07, 6.45) is -3.93. The summed E-state index contributed by atoms with van der Waals surface area (Å²) in [5, 5.41) is 14.0. The van der Waals surface area contributed by atoms with Crippen LogP contribution in [0.5, 0.6) is 0 Å². The molecule has 1 amide bonds. The van der Waals surface area contributed by atoms with Gasteiger partial charge >= 0.3 is 6.18 Å². The van der Waals surface area contributed by atoms with Crippen LogP contribution in [0, 0.1) is 11.3 Å². The zero-order valence-electron chi connectivity index (χ0n) is 16.8. The molecule has 0 bridgehead atoms. The molecule has 5 nitrogen and oxygen atoms in total. The van der Waals surface area contributed by atoms with Crippen LogP contribution < -0.4 is 0 Å². The third kappa shape index (κ3) is 4.04. The molecule has 0 aliphatic carbocycles. The number of rotatable bonds is 3. The average molecular weight is 424 g/mol. The Kier molecular flexibility index (Phi) is 5.27. The van der Waals surface area contributed by atoms with Gasteiger partial charge < -0.3 is 4.90 Å². The number of alkyl halides is 3. The smallest absolute Gasteiger partial charge is 0.338 e. The first-order valence-electron chi connectivity index (χ1n) is 9.77. The van der Waals surface area contributed by atoms with Gasteiger partial charge in [-0.15, -0.1) is 0 Å². The molecule has 8 heteroatoms. The van der Waals surface area contributed by atoms with Crippen LogP contribution >= 0.6 is 0 Å². The van der Waals surface area contributed by atoms with Crippen molar-refractivity contribution in [3.8, 4) is 17.3 Å². The number of carbonyl (C=O) groups is 1. The van der Waals surface area contributed by atoms with Gasteiger partial charge in [-0.2, -0.15) is 23.5 Å². The van der Waals surface area contributed by atoms with Crippen molar-refractivity contribution in [2.45, 2.75) is 32.6 Å². The minimum Gasteiger partial charge on any atom is -0.338 e. The number of hydrogen-bond acceptors (Lipinski definition) is 3. The van der Waals surface area contributed by atoms with Crippen molar-refractivity contribution in [3.05, 3.63) is 76.5 Å². The maximum Gasteiger partial charge on any atom is 0.416 e. The number of benzene rings is 2. The normalized spacial score (nSPS) is 13.6. The highest BCUT2D eigenvalue weighted by Crippen LogP contribution is 2.35. The minimum absolute atomic E-state index is 0.0942. The Morgan fingerprint density at radius 2 is 1.97 bits per heavy atom. The zero-order chi connectivity index (χ0) is 22.2. The number of fused-ring (bicyclic) bond motifs is 1. The van der Waals surface area contributed by atoms with Gasteiger partial charge in [-0.05, 0) is 23.8 Å². The maximum atomic E-state index is 13.3. The molecule has 0 N–H and O–H groups in total. The van der Waals surface area contributed by atoms with Crippen molar-refractivity contribution in [2.24, 2.45) is 0 Å². The van der Waals surface area contributed by atoms with Gasteiger partial charge in [0.15, 0.2) is 0 Å². The Morgan fingerprint density at radius 1 is 1.19 bits per heavy atom. The van der Waals surface area contributed by atoms with Crippen molar-refractivity contribution < 1.29 is 18.0 Å². The van der Waals surface area contributed by atoms with Crippen LogP contribution in [0.3, 0.4) is 0 Å². The predicted octanol–water partition coefficient (Wildman–Crippen LogP) is 4.39. The van der Waals surface area contributed by atoms with Crippen molar-refractivity contribution in [1.82, 2.24) is 14.7 Å². The summed E-state index contributed by atoms with van der Waals surface area (Å²) in [6, 6.07) is 14.4. The zero-order valence-corrected chi connectivity index (χ0v) is 16.8. The quantitative estimate of drug-likeness (QED) is 0.626. The monoisotopic (exact) mass is 424 g/mol. The van der Waals surface area contributed by atoms with E-state index in [4.69, 9.17) is 0 Å². The third-order valence-corrected chi connectivity index (χ3v) is 5.50. The van der Waals surface area contributed by atoms with Crippen molar-refractivity contribution in [2.75, 3.05) is 6.54 Å². The molecule has 0 fully saturated rings.